The Labute approximate surface area is 186 Å². The van der Waals surface area contributed by atoms with Gasteiger partial charge in [-0.25, -0.2) is 4.39 Å². The second-order valence-corrected chi connectivity index (χ2v) is 7.78. The average Bonchev–Trinajstić information content (AvgIpc) is 3.25. The van der Waals surface area contributed by atoms with E-state index >= 15 is 0 Å². The predicted molar refractivity (Wildman–Crippen MR) is 120 cm³/mol. The van der Waals surface area contributed by atoms with Gasteiger partial charge in [-0.1, -0.05) is 6.07 Å². The first-order chi connectivity index (χ1) is 15.6. The van der Waals surface area contributed by atoms with Crippen LogP contribution in [0.4, 0.5) is 4.39 Å². The first kappa shape index (κ1) is 22.1. The number of hydrogen-bond donors (Lipinski definition) is 1. The molecule has 1 N–H and O–H groups in total. The summed E-state index contributed by atoms with van der Waals surface area (Å²) in [6.45, 7) is 4.82. The van der Waals surface area contributed by atoms with E-state index in [9.17, 15) is 9.18 Å². The van der Waals surface area contributed by atoms with E-state index in [1.807, 2.05) is 18.2 Å². The number of amides is 1. The van der Waals surface area contributed by atoms with Gasteiger partial charge in [0.1, 0.15) is 11.5 Å². The predicted octanol–water partition coefficient (Wildman–Crippen LogP) is 3.30. The van der Waals surface area contributed by atoms with Gasteiger partial charge in [0.05, 0.1) is 27.4 Å². The van der Waals surface area contributed by atoms with Crippen LogP contribution in [0.5, 0.6) is 11.5 Å². The number of morpholine rings is 1. The van der Waals surface area contributed by atoms with Gasteiger partial charge in [0.2, 0.25) is 0 Å². The van der Waals surface area contributed by atoms with Crippen LogP contribution in [0.25, 0.3) is 10.9 Å². The topological polar surface area (TPSA) is 67.0 Å². The van der Waals surface area contributed by atoms with Crippen molar-refractivity contribution in [3.63, 3.8) is 0 Å². The van der Waals surface area contributed by atoms with Crippen molar-refractivity contribution in [1.29, 1.82) is 0 Å². The summed E-state index contributed by atoms with van der Waals surface area (Å²) in [6, 6.07) is 11.8. The molecule has 2 heterocycles. The van der Waals surface area contributed by atoms with Crippen molar-refractivity contribution in [1.82, 2.24) is 14.8 Å². The summed E-state index contributed by atoms with van der Waals surface area (Å²) in [5.74, 6) is 0.793. The molecule has 1 amide bonds. The number of aromatic nitrogens is 1. The van der Waals surface area contributed by atoms with Crippen molar-refractivity contribution in [2.24, 2.45) is 0 Å². The number of carbonyl (C=O) groups is 1. The highest BCUT2D eigenvalue weighted by Gasteiger charge is 2.21. The maximum Gasteiger partial charge on any atom is 0.270 e. The summed E-state index contributed by atoms with van der Waals surface area (Å²) in [6.07, 6.45) is 0. The Morgan fingerprint density at radius 1 is 1.09 bits per heavy atom. The summed E-state index contributed by atoms with van der Waals surface area (Å²) in [5.41, 5.74) is 2.10. The van der Waals surface area contributed by atoms with Gasteiger partial charge in [0.25, 0.3) is 5.91 Å². The number of aromatic amines is 1. The van der Waals surface area contributed by atoms with E-state index in [0.717, 1.165) is 30.7 Å². The van der Waals surface area contributed by atoms with E-state index in [0.29, 0.717) is 48.9 Å². The Morgan fingerprint density at radius 3 is 2.62 bits per heavy atom. The molecule has 1 aliphatic heterocycles. The van der Waals surface area contributed by atoms with Crippen molar-refractivity contribution in [2.45, 2.75) is 6.54 Å². The lowest BCUT2D eigenvalue weighted by molar-refractivity contribution is 0.0319. The van der Waals surface area contributed by atoms with Crippen LogP contribution in [0.15, 0.2) is 42.5 Å². The molecule has 7 nitrogen and oxygen atoms in total. The molecule has 0 aliphatic carbocycles. The van der Waals surface area contributed by atoms with Crippen LogP contribution in [0.2, 0.25) is 0 Å². The van der Waals surface area contributed by atoms with Crippen LogP contribution in [-0.2, 0) is 11.3 Å². The van der Waals surface area contributed by atoms with Crippen LogP contribution in [-0.4, -0.2) is 74.3 Å². The SMILES string of the molecule is COc1ccc(CN(CCN2CCOCC2)C(=O)c2cc3cc(F)ccc3[nH]2)cc1OC. The monoisotopic (exact) mass is 441 g/mol. The lowest BCUT2D eigenvalue weighted by atomic mass is 10.1. The Balaban J connectivity index is 1.57. The van der Waals surface area contributed by atoms with E-state index < -0.39 is 0 Å². The Kier molecular flexibility index (Phi) is 6.92. The molecule has 0 bridgehead atoms. The zero-order valence-corrected chi connectivity index (χ0v) is 18.4. The first-order valence-electron chi connectivity index (χ1n) is 10.7. The fourth-order valence-electron chi connectivity index (χ4n) is 3.93. The molecule has 0 atom stereocenters. The molecule has 1 saturated heterocycles. The molecule has 0 spiro atoms. The molecule has 0 saturated carbocycles. The van der Waals surface area contributed by atoms with Crippen molar-refractivity contribution >= 4 is 16.8 Å². The molecule has 170 valence electrons. The molecular weight excluding hydrogens is 413 g/mol. The maximum absolute atomic E-state index is 13.6. The van der Waals surface area contributed by atoms with Gasteiger partial charge in [-0.2, -0.15) is 0 Å². The summed E-state index contributed by atoms with van der Waals surface area (Å²) in [4.78, 5) is 20.7. The number of H-pyrrole nitrogens is 1. The van der Waals surface area contributed by atoms with E-state index in [1.165, 1.54) is 12.1 Å². The van der Waals surface area contributed by atoms with Gasteiger partial charge in [-0.05, 0) is 42.0 Å². The minimum atomic E-state index is -0.329. The first-order valence-corrected chi connectivity index (χ1v) is 10.7. The Bertz CT molecular complexity index is 1080. The number of halogens is 1. The number of rotatable bonds is 8. The summed E-state index contributed by atoms with van der Waals surface area (Å²) >= 11 is 0. The third kappa shape index (κ3) is 5.03. The van der Waals surface area contributed by atoms with Crippen molar-refractivity contribution in [2.75, 3.05) is 53.6 Å². The van der Waals surface area contributed by atoms with Gasteiger partial charge in [-0.15, -0.1) is 0 Å². The molecule has 3 aromatic rings. The number of ether oxygens (including phenoxy) is 3. The molecule has 4 rings (SSSR count). The minimum absolute atomic E-state index is 0.135. The highest BCUT2D eigenvalue weighted by molar-refractivity contribution is 5.98. The lowest BCUT2D eigenvalue weighted by Crippen LogP contribution is -2.43. The van der Waals surface area contributed by atoms with Crippen molar-refractivity contribution < 1.29 is 23.4 Å². The molecule has 8 heteroatoms. The number of benzene rings is 2. The zero-order valence-electron chi connectivity index (χ0n) is 18.4. The summed E-state index contributed by atoms with van der Waals surface area (Å²) in [7, 11) is 3.18. The van der Waals surface area contributed by atoms with Gasteiger partial charge in [0.15, 0.2) is 11.5 Å². The molecule has 1 aromatic heterocycles. The largest absolute Gasteiger partial charge is 0.493 e. The van der Waals surface area contributed by atoms with Crippen LogP contribution in [0, 0.1) is 5.82 Å². The normalized spacial score (nSPS) is 14.5. The molecule has 2 aromatic carbocycles. The van der Waals surface area contributed by atoms with Gasteiger partial charge in [0, 0.05) is 43.6 Å². The third-order valence-corrected chi connectivity index (χ3v) is 5.71. The third-order valence-electron chi connectivity index (χ3n) is 5.71. The molecule has 0 unspecified atom stereocenters. The smallest absolute Gasteiger partial charge is 0.270 e. The standard InChI is InChI=1S/C24H28FN3O4/c1-30-22-6-3-17(13-23(22)31-2)16-28(8-7-27-9-11-32-12-10-27)24(29)21-15-18-14-19(25)4-5-20(18)26-21/h3-6,13-15,26H,7-12,16H2,1-2H3. The van der Waals surface area contributed by atoms with E-state index in [4.69, 9.17) is 14.2 Å². The molecule has 32 heavy (non-hydrogen) atoms. The van der Waals surface area contributed by atoms with Gasteiger partial charge in [-0.3, -0.25) is 9.69 Å². The summed E-state index contributed by atoms with van der Waals surface area (Å²) in [5, 5.41) is 0.674. The van der Waals surface area contributed by atoms with E-state index in [-0.39, 0.29) is 11.7 Å². The van der Waals surface area contributed by atoms with Crippen molar-refractivity contribution in [3.05, 3.63) is 59.5 Å². The molecule has 1 fully saturated rings. The van der Waals surface area contributed by atoms with Gasteiger partial charge < -0.3 is 24.1 Å². The molecule has 1 aliphatic rings. The Hall–Kier alpha value is -3.10. The zero-order chi connectivity index (χ0) is 22.5. The molecule has 0 radical (unpaired) electrons. The number of fused-ring (bicyclic) bond motifs is 1. The van der Waals surface area contributed by atoms with Crippen LogP contribution < -0.4 is 9.47 Å². The van der Waals surface area contributed by atoms with Crippen molar-refractivity contribution in [3.8, 4) is 11.5 Å². The van der Waals surface area contributed by atoms with E-state index in [2.05, 4.69) is 9.88 Å². The molecular formula is C24H28FN3O4. The highest BCUT2D eigenvalue weighted by atomic mass is 19.1. The number of hydrogen-bond acceptors (Lipinski definition) is 5. The maximum atomic E-state index is 13.6. The summed E-state index contributed by atoms with van der Waals surface area (Å²) < 4.78 is 29.8. The average molecular weight is 442 g/mol. The number of methoxy groups -OCH3 is 2. The van der Waals surface area contributed by atoms with Crippen LogP contribution in [0.1, 0.15) is 16.1 Å². The highest BCUT2D eigenvalue weighted by Crippen LogP contribution is 2.28. The fraction of sp³-hybridized carbons (Fsp3) is 0.375. The lowest BCUT2D eigenvalue weighted by Gasteiger charge is -2.30. The second-order valence-electron chi connectivity index (χ2n) is 7.78. The van der Waals surface area contributed by atoms with E-state index in [1.54, 1.807) is 31.3 Å². The minimum Gasteiger partial charge on any atom is -0.493 e. The van der Waals surface area contributed by atoms with Crippen LogP contribution in [0.3, 0.4) is 0 Å². The van der Waals surface area contributed by atoms with Gasteiger partial charge >= 0.3 is 0 Å². The number of nitrogens with zero attached hydrogens (tertiary/aromatic N) is 2. The quantitative estimate of drug-likeness (QED) is 0.581. The van der Waals surface area contributed by atoms with Crippen LogP contribution >= 0.6 is 0 Å². The number of carbonyl (C=O) groups excluding carboxylic acids is 1. The number of nitrogens with one attached hydrogen (secondary N) is 1. The second kappa shape index (κ2) is 10.0. The fourth-order valence-corrected chi connectivity index (χ4v) is 3.93. The Morgan fingerprint density at radius 2 is 1.88 bits per heavy atom.